The van der Waals surface area contributed by atoms with Gasteiger partial charge in [-0.3, -0.25) is 9.59 Å². The van der Waals surface area contributed by atoms with Crippen molar-refractivity contribution in [2.45, 2.75) is 19.3 Å². The molecular weight excluding hydrogens is 284 g/mol. The second-order valence-electron chi connectivity index (χ2n) is 5.41. The van der Waals surface area contributed by atoms with E-state index in [1.807, 2.05) is 0 Å². The van der Waals surface area contributed by atoms with Crippen LogP contribution in [-0.2, 0) is 11.2 Å². The standard InChI is InChI=1S/C17H14O5/c1-8(17(21)22)11-6-5-10-7-9-3-2-4-12(18)13(9)16(20)14(10)15(11)19/h2-6,8,18-19H,7H2,1H3,(H,21,22)/t8-/m1/s1. The van der Waals surface area contributed by atoms with Gasteiger partial charge in [0.2, 0.25) is 5.78 Å². The number of phenols is 2. The Morgan fingerprint density at radius 1 is 1.09 bits per heavy atom. The van der Waals surface area contributed by atoms with Crippen molar-refractivity contribution >= 4 is 11.8 Å². The lowest BCUT2D eigenvalue weighted by Crippen LogP contribution is -2.17. The number of hydrogen-bond acceptors (Lipinski definition) is 4. The van der Waals surface area contributed by atoms with E-state index in [9.17, 15) is 19.8 Å². The first-order valence-corrected chi connectivity index (χ1v) is 6.85. The van der Waals surface area contributed by atoms with Crippen LogP contribution in [0.1, 0.15) is 45.5 Å². The Balaban J connectivity index is 2.20. The zero-order valence-corrected chi connectivity index (χ0v) is 11.8. The Bertz CT molecular complexity index is 807. The minimum Gasteiger partial charge on any atom is -0.507 e. The number of benzene rings is 2. The van der Waals surface area contributed by atoms with E-state index in [-0.39, 0.29) is 28.2 Å². The van der Waals surface area contributed by atoms with Crippen LogP contribution in [0.5, 0.6) is 11.5 Å². The maximum Gasteiger partial charge on any atom is 0.310 e. The third-order valence-electron chi connectivity index (χ3n) is 4.10. The minimum absolute atomic E-state index is 0.0830. The molecule has 0 saturated heterocycles. The third-order valence-corrected chi connectivity index (χ3v) is 4.10. The van der Waals surface area contributed by atoms with Crippen molar-refractivity contribution in [2.75, 3.05) is 0 Å². The third kappa shape index (κ3) is 1.94. The number of aliphatic carboxylic acids is 1. The molecule has 0 unspecified atom stereocenters. The molecule has 0 fully saturated rings. The summed E-state index contributed by atoms with van der Waals surface area (Å²) in [6.45, 7) is 1.45. The molecule has 2 aromatic rings. The van der Waals surface area contributed by atoms with Crippen LogP contribution in [-0.4, -0.2) is 27.1 Å². The first-order valence-electron chi connectivity index (χ1n) is 6.85. The summed E-state index contributed by atoms with van der Waals surface area (Å²) in [6.07, 6.45) is 0.403. The highest BCUT2D eigenvalue weighted by Gasteiger charge is 2.31. The van der Waals surface area contributed by atoms with Crippen molar-refractivity contribution in [1.82, 2.24) is 0 Å². The second kappa shape index (κ2) is 4.87. The fourth-order valence-electron chi connectivity index (χ4n) is 2.86. The molecule has 0 spiro atoms. The van der Waals surface area contributed by atoms with E-state index in [0.29, 0.717) is 17.5 Å². The number of fused-ring (bicyclic) bond motifs is 2. The van der Waals surface area contributed by atoms with Gasteiger partial charge in [-0.25, -0.2) is 0 Å². The molecule has 5 heteroatoms. The number of carbonyl (C=O) groups excluding carboxylic acids is 1. The van der Waals surface area contributed by atoms with Crippen LogP contribution < -0.4 is 0 Å². The molecule has 0 aliphatic heterocycles. The highest BCUT2D eigenvalue weighted by Crippen LogP contribution is 2.39. The number of carboxylic acids is 1. The van der Waals surface area contributed by atoms with Crippen LogP contribution in [0.25, 0.3) is 0 Å². The molecule has 2 aromatic carbocycles. The summed E-state index contributed by atoms with van der Waals surface area (Å²) in [5.41, 5.74) is 1.77. The number of carboxylic acid groups (broad SMARTS) is 1. The number of phenolic OH excluding ortho intramolecular Hbond substituents is 2. The lowest BCUT2D eigenvalue weighted by Gasteiger charge is -2.22. The van der Waals surface area contributed by atoms with Crippen LogP contribution in [0.2, 0.25) is 0 Å². The summed E-state index contributed by atoms with van der Waals surface area (Å²) >= 11 is 0. The average Bonchev–Trinajstić information content (AvgIpc) is 2.46. The Morgan fingerprint density at radius 2 is 1.77 bits per heavy atom. The van der Waals surface area contributed by atoms with E-state index in [1.54, 1.807) is 18.2 Å². The van der Waals surface area contributed by atoms with Crippen LogP contribution in [0.15, 0.2) is 30.3 Å². The molecule has 1 atom stereocenters. The van der Waals surface area contributed by atoms with Gasteiger partial charge in [0.25, 0.3) is 0 Å². The van der Waals surface area contributed by atoms with Crippen molar-refractivity contribution in [1.29, 1.82) is 0 Å². The number of hydrogen-bond donors (Lipinski definition) is 3. The summed E-state index contributed by atoms with van der Waals surface area (Å²) in [5, 5.41) is 29.4. The average molecular weight is 298 g/mol. The molecule has 0 bridgehead atoms. The summed E-state index contributed by atoms with van der Waals surface area (Å²) in [5.74, 6) is -2.94. The Kier molecular flexibility index (Phi) is 3.13. The molecule has 0 amide bonds. The van der Waals surface area contributed by atoms with Crippen molar-refractivity contribution < 1.29 is 24.9 Å². The molecule has 112 valence electrons. The fraction of sp³-hybridized carbons (Fsp3) is 0.176. The lowest BCUT2D eigenvalue weighted by atomic mass is 9.82. The SMILES string of the molecule is C[C@@H](C(=O)O)c1ccc2c(c1O)C(=O)c1c(O)cccc1C2. The van der Waals surface area contributed by atoms with Gasteiger partial charge in [0.05, 0.1) is 17.0 Å². The number of ketones is 1. The quantitative estimate of drug-likeness (QED) is 0.675. The van der Waals surface area contributed by atoms with Gasteiger partial charge in [-0.1, -0.05) is 24.3 Å². The van der Waals surface area contributed by atoms with Gasteiger partial charge >= 0.3 is 5.97 Å². The van der Waals surface area contributed by atoms with Gasteiger partial charge in [-0.15, -0.1) is 0 Å². The van der Waals surface area contributed by atoms with Crippen molar-refractivity contribution in [3.8, 4) is 11.5 Å². The molecule has 3 rings (SSSR count). The van der Waals surface area contributed by atoms with E-state index in [4.69, 9.17) is 5.11 Å². The fourth-order valence-corrected chi connectivity index (χ4v) is 2.86. The van der Waals surface area contributed by atoms with Crippen molar-refractivity contribution in [3.05, 3.63) is 58.1 Å². The molecule has 0 aromatic heterocycles. The van der Waals surface area contributed by atoms with E-state index in [1.165, 1.54) is 19.1 Å². The zero-order chi connectivity index (χ0) is 16.0. The minimum atomic E-state index is -1.08. The molecule has 22 heavy (non-hydrogen) atoms. The molecule has 1 aliphatic carbocycles. The topological polar surface area (TPSA) is 94.8 Å². The predicted molar refractivity (Wildman–Crippen MR) is 78.5 cm³/mol. The van der Waals surface area contributed by atoms with Crippen molar-refractivity contribution in [3.63, 3.8) is 0 Å². The summed E-state index contributed by atoms with van der Waals surface area (Å²) in [4.78, 5) is 23.7. The summed E-state index contributed by atoms with van der Waals surface area (Å²) < 4.78 is 0. The first-order chi connectivity index (χ1) is 10.4. The van der Waals surface area contributed by atoms with Crippen LogP contribution >= 0.6 is 0 Å². The van der Waals surface area contributed by atoms with E-state index in [2.05, 4.69) is 0 Å². The maximum atomic E-state index is 12.6. The highest BCUT2D eigenvalue weighted by atomic mass is 16.4. The summed E-state index contributed by atoms with van der Waals surface area (Å²) in [6, 6.07) is 8.03. The van der Waals surface area contributed by atoms with E-state index < -0.39 is 17.7 Å². The molecule has 0 heterocycles. The monoisotopic (exact) mass is 298 g/mol. The molecule has 5 nitrogen and oxygen atoms in total. The lowest BCUT2D eigenvalue weighted by molar-refractivity contribution is -0.138. The number of aromatic hydroxyl groups is 2. The van der Waals surface area contributed by atoms with Gasteiger partial charge in [0, 0.05) is 5.56 Å². The Morgan fingerprint density at radius 3 is 2.45 bits per heavy atom. The van der Waals surface area contributed by atoms with Crippen molar-refractivity contribution in [2.24, 2.45) is 0 Å². The Hall–Kier alpha value is -2.82. The van der Waals surface area contributed by atoms with Gasteiger partial charge in [-0.2, -0.15) is 0 Å². The largest absolute Gasteiger partial charge is 0.507 e. The van der Waals surface area contributed by atoms with E-state index in [0.717, 1.165) is 0 Å². The molecule has 0 saturated carbocycles. The number of carbonyl (C=O) groups is 2. The van der Waals surface area contributed by atoms with E-state index >= 15 is 0 Å². The zero-order valence-electron chi connectivity index (χ0n) is 11.8. The first kappa shape index (κ1) is 14.1. The van der Waals surface area contributed by atoms with Crippen LogP contribution in [0, 0.1) is 0 Å². The van der Waals surface area contributed by atoms with Crippen LogP contribution in [0.4, 0.5) is 0 Å². The highest BCUT2D eigenvalue weighted by molar-refractivity contribution is 6.15. The number of rotatable bonds is 2. The Labute approximate surface area is 126 Å². The molecular formula is C17H14O5. The normalized spacial score (nSPS) is 14.1. The predicted octanol–water partition coefficient (Wildman–Crippen LogP) is 2.42. The van der Waals surface area contributed by atoms with Gasteiger partial charge in [-0.05, 0) is 30.5 Å². The van der Waals surface area contributed by atoms with Gasteiger partial charge < -0.3 is 15.3 Å². The summed E-state index contributed by atoms with van der Waals surface area (Å²) in [7, 11) is 0. The van der Waals surface area contributed by atoms with Crippen LogP contribution in [0.3, 0.4) is 0 Å². The van der Waals surface area contributed by atoms with Gasteiger partial charge in [0.1, 0.15) is 11.5 Å². The molecule has 3 N–H and O–H groups in total. The smallest absolute Gasteiger partial charge is 0.310 e. The second-order valence-corrected chi connectivity index (χ2v) is 5.41. The molecule has 0 radical (unpaired) electrons. The van der Waals surface area contributed by atoms with Gasteiger partial charge in [0.15, 0.2) is 0 Å². The maximum absolute atomic E-state index is 12.6. The molecule has 1 aliphatic rings.